The average molecular weight is 335 g/mol. The van der Waals surface area contributed by atoms with Crippen LogP contribution in [0.2, 0.25) is 0 Å². The molecule has 25 heavy (non-hydrogen) atoms. The van der Waals surface area contributed by atoms with Gasteiger partial charge in [0.1, 0.15) is 17.2 Å². The Balaban J connectivity index is 1.83. The van der Waals surface area contributed by atoms with Crippen LogP contribution in [-0.2, 0) is 6.54 Å². The molecular weight excluding hydrogens is 318 g/mol. The van der Waals surface area contributed by atoms with Crippen molar-refractivity contribution in [3.63, 3.8) is 0 Å². The number of methoxy groups -OCH3 is 1. The highest BCUT2D eigenvalue weighted by molar-refractivity contribution is 6.15. The molecule has 3 aromatic rings. The maximum atomic E-state index is 12.5. The number of allylic oxidation sites excluding steroid dienone is 1. The molecule has 1 aliphatic heterocycles. The van der Waals surface area contributed by atoms with Gasteiger partial charge in [0.15, 0.2) is 5.76 Å². The van der Waals surface area contributed by atoms with E-state index in [-0.39, 0.29) is 17.3 Å². The van der Waals surface area contributed by atoms with Crippen molar-refractivity contribution in [3.05, 3.63) is 59.5 Å². The summed E-state index contributed by atoms with van der Waals surface area (Å²) in [5.74, 6) is 1.27. The van der Waals surface area contributed by atoms with E-state index in [0.29, 0.717) is 11.3 Å². The first kappa shape index (κ1) is 15.3. The lowest BCUT2D eigenvalue weighted by atomic mass is 10.1. The Hall–Kier alpha value is -3.21. The molecular formula is C20H17NO4. The maximum Gasteiger partial charge on any atom is 0.231 e. The zero-order valence-electron chi connectivity index (χ0n) is 13.9. The minimum atomic E-state index is -0.185. The second-order valence-corrected chi connectivity index (χ2v) is 5.87. The molecule has 2 heterocycles. The molecule has 1 aromatic heterocycles. The Morgan fingerprint density at radius 2 is 2.08 bits per heavy atom. The summed E-state index contributed by atoms with van der Waals surface area (Å²) in [7, 11) is 1.63. The lowest BCUT2D eigenvalue weighted by Crippen LogP contribution is -1.97. The molecule has 1 N–H and O–H groups in total. The molecule has 1 aliphatic rings. The molecule has 4 rings (SSSR count). The summed E-state index contributed by atoms with van der Waals surface area (Å²) < 4.78 is 13.1. The molecule has 126 valence electrons. The fraction of sp³-hybridized carbons (Fsp3) is 0.150. The van der Waals surface area contributed by atoms with Gasteiger partial charge >= 0.3 is 0 Å². The van der Waals surface area contributed by atoms with Crippen LogP contribution in [0.25, 0.3) is 17.0 Å². The van der Waals surface area contributed by atoms with E-state index in [4.69, 9.17) is 9.47 Å². The summed E-state index contributed by atoms with van der Waals surface area (Å²) in [5.41, 5.74) is 2.41. The Bertz CT molecular complexity index is 1030. The molecule has 0 bridgehead atoms. The first-order chi connectivity index (χ1) is 12.1. The highest BCUT2D eigenvalue weighted by atomic mass is 16.5. The molecule has 0 amide bonds. The highest BCUT2D eigenvalue weighted by Gasteiger charge is 2.28. The number of hydrogen-bond acceptors (Lipinski definition) is 4. The normalized spacial score (nSPS) is 14.8. The van der Waals surface area contributed by atoms with Crippen LogP contribution in [0.15, 0.2) is 48.4 Å². The van der Waals surface area contributed by atoms with Crippen molar-refractivity contribution in [2.45, 2.75) is 13.5 Å². The van der Waals surface area contributed by atoms with Gasteiger partial charge in [-0.2, -0.15) is 0 Å². The summed E-state index contributed by atoms with van der Waals surface area (Å²) in [4.78, 5) is 12.5. The number of rotatable bonds is 3. The van der Waals surface area contributed by atoms with Gasteiger partial charge < -0.3 is 19.1 Å². The van der Waals surface area contributed by atoms with Crippen molar-refractivity contribution in [2.75, 3.05) is 7.11 Å². The molecule has 5 nitrogen and oxygen atoms in total. The van der Waals surface area contributed by atoms with E-state index >= 15 is 0 Å². The monoisotopic (exact) mass is 335 g/mol. The highest BCUT2D eigenvalue weighted by Crippen LogP contribution is 2.35. The predicted octanol–water partition coefficient (Wildman–Crippen LogP) is 3.99. The van der Waals surface area contributed by atoms with Gasteiger partial charge in [0.2, 0.25) is 5.78 Å². The third kappa shape index (κ3) is 2.45. The second kappa shape index (κ2) is 5.70. The first-order valence-corrected chi connectivity index (χ1v) is 8.05. The van der Waals surface area contributed by atoms with E-state index in [1.807, 2.05) is 24.4 Å². The van der Waals surface area contributed by atoms with Crippen LogP contribution < -0.4 is 9.47 Å². The zero-order chi connectivity index (χ0) is 17.6. The van der Waals surface area contributed by atoms with E-state index < -0.39 is 0 Å². The van der Waals surface area contributed by atoms with E-state index in [9.17, 15) is 9.90 Å². The fourth-order valence-corrected chi connectivity index (χ4v) is 3.12. The predicted molar refractivity (Wildman–Crippen MR) is 95.2 cm³/mol. The number of ketones is 1. The topological polar surface area (TPSA) is 60.7 Å². The van der Waals surface area contributed by atoms with E-state index in [1.54, 1.807) is 19.3 Å². The number of fused-ring (bicyclic) bond motifs is 2. The first-order valence-electron chi connectivity index (χ1n) is 8.05. The lowest BCUT2D eigenvalue weighted by Gasteiger charge is -2.02. The quantitative estimate of drug-likeness (QED) is 0.735. The number of carbonyl (C=O) groups excluding carboxylic acids is 1. The number of phenolic OH excluding ortho intramolecular Hbond substituents is 1. The largest absolute Gasteiger partial charge is 0.508 e. The smallest absolute Gasteiger partial charge is 0.231 e. The van der Waals surface area contributed by atoms with Gasteiger partial charge in [-0.15, -0.1) is 0 Å². The summed E-state index contributed by atoms with van der Waals surface area (Å²) in [6.07, 6.45) is 3.74. The van der Waals surface area contributed by atoms with Gasteiger partial charge in [0, 0.05) is 35.3 Å². The van der Waals surface area contributed by atoms with Gasteiger partial charge in [-0.3, -0.25) is 4.79 Å². The van der Waals surface area contributed by atoms with Gasteiger partial charge in [0.25, 0.3) is 0 Å². The second-order valence-electron chi connectivity index (χ2n) is 5.87. The van der Waals surface area contributed by atoms with Crippen molar-refractivity contribution in [2.24, 2.45) is 0 Å². The van der Waals surface area contributed by atoms with Crippen LogP contribution in [0, 0.1) is 0 Å². The maximum absolute atomic E-state index is 12.5. The van der Waals surface area contributed by atoms with Crippen LogP contribution in [0.1, 0.15) is 22.8 Å². The number of aryl methyl sites for hydroxylation is 1. The number of carbonyl (C=O) groups is 1. The van der Waals surface area contributed by atoms with Crippen LogP contribution in [0.4, 0.5) is 0 Å². The summed E-state index contributed by atoms with van der Waals surface area (Å²) in [6, 6.07) is 10.4. The molecule has 0 aliphatic carbocycles. The Labute approximate surface area is 144 Å². The van der Waals surface area contributed by atoms with Gasteiger partial charge in [0.05, 0.1) is 12.7 Å². The number of nitrogens with zero attached hydrogens (tertiary/aromatic N) is 1. The minimum Gasteiger partial charge on any atom is -0.508 e. The number of aromatic hydroxyl groups is 1. The SMILES string of the molecule is CCn1cc(/C=C2\Oc3cc(O)ccc3C2=O)c2cc(OC)ccc21. The molecule has 0 atom stereocenters. The Morgan fingerprint density at radius 1 is 1.24 bits per heavy atom. The lowest BCUT2D eigenvalue weighted by molar-refractivity contribution is 0.101. The number of ether oxygens (including phenoxy) is 2. The van der Waals surface area contributed by atoms with Crippen molar-refractivity contribution >= 4 is 22.8 Å². The molecule has 2 aromatic carbocycles. The average Bonchev–Trinajstić information content (AvgIpc) is 3.12. The molecule has 0 unspecified atom stereocenters. The van der Waals surface area contributed by atoms with Crippen molar-refractivity contribution in [1.82, 2.24) is 4.57 Å². The molecule has 0 saturated carbocycles. The molecule has 0 fully saturated rings. The van der Waals surface area contributed by atoms with Crippen LogP contribution in [-0.4, -0.2) is 22.6 Å². The van der Waals surface area contributed by atoms with E-state index in [0.717, 1.165) is 28.8 Å². The van der Waals surface area contributed by atoms with Crippen molar-refractivity contribution in [3.8, 4) is 17.2 Å². The standard InChI is InChI=1S/C20H17NO4/c1-3-21-11-12(16-10-14(24-2)5-7-17(16)21)8-19-20(23)15-6-4-13(22)9-18(15)25-19/h4-11,22H,3H2,1-2H3/b19-8-. The van der Waals surface area contributed by atoms with Crippen molar-refractivity contribution < 1.29 is 19.4 Å². The summed E-state index contributed by atoms with van der Waals surface area (Å²) in [6.45, 7) is 2.88. The van der Waals surface area contributed by atoms with Gasteiger partial charge in [-0.1, -0.05) is 0 Å². The van der Waals surface area contributed by atoms with Gasteiger partial charge in [-0.05, 0) is 43.3 Å². The molecule has 0 saturated heterocycles. The van der Waals surface area contributed by atoms with Crippen LogP contribution in [0.5, 0.6) is 17.2 Å². The van der Waals surface area contributed by atoms with Crippen LogP contribution in [0.3, 0.4) is 0 Å². The number of hydrogen-bond donors (Lipinski definition) is 1. The number of benzene rings is 2. The summed E-state index contributed by atoms with van der Waals surface area (Å²) in [5, 5.41) is 10.6. The third-order valence-electron chi connectivity index (χ3n) is 4.40. The van der Waals surface area contributed by atoms with Crippen LogP contribution >= 0.6 is 0 Å². The fourth-order valence-electron chi connectivity index (χ4n) is 3.12. The number of aromatic nitrogens is 1. The zero-order valence-corrected chi connectivity index (χ0v) is 13.9. The molecule has 5 heteroatoms. The molecule has 0 spiro atoms. The van der Waals surface area contributed by atoms with E-state index in [1.165, 1.54) is 12.1 Å². The molecule has 0 radical (unpaired) electrons. The van der Waals surface area contributed by atoms with Crippen molar-refractivity contribution in [1.29, 1.82) is 0 Å². The Morgan fingerprint density at radius 3 is 2.84 bits per heavy atom. The third-order valence-corrected chi connectivity index (χ3v) is 4.40. The minimum absolute atomic E-state index is 0.0696. The van der Waals surface area contributed by atoms with Gasteiger partial charge in [-0.25, -0.2) is 0 Å². The summed E-state index contributed by atoms with van der Waals surface area (Å²) >= 11 is 0. The number of phenols is 1. The number of Topliss-reactive ketones (excluding diaryl/α,β-unsaturated/α-hetero) is 1. The Kier molecular flexibility index (Phi) is 3.50. The van der Waals surface area contributed by atoms with E-state index in [2.05, 4.69) is 11.5 Å².